The summed E-state index contributed by atoms with van der Waals surface area (Å²) in [5, 5.41) is 9.61. The predicted molar refractivity (Wildman–Crippen MR) is 166 cm³/mol. The van der Waals surface area contributed by atoms with Gasteiger partial charge >= 0.3 is 6.03 Å². The number of benzene rings is 2. The molecule has 0 saturated heterocycles. The molecule has 3 N–H and O–H groups in total. The van der Waals surface area contributed by atoms with Crippen molar-refractivity contribution in [2.24, 2.45) is 0 Å². The summed E-state index contributed by atoms with van der Waals surface area (Å²) in [5.74, 6) is 0.964. The zero-order chi connectivity index (χ0) is 29.8. The summed E-state index contributed by atoms with van der Waals surface area (Å²) < 4.78 is 5.97. The molecule has 0 saturated carbocycles. The number of thiophene rings is 1. The Morgan fingerprint density at radius 2 is 1.88 bits per heavy atom. The number of aromatic nitrogens is 1. The van der Waals surface area contributed by atoms with Gasteiger partial charge in [-0.25, -0.2) is 9.78 Å². The number of ether oxygens (including phenoxy) is 1. The number of urea groups is 1. The molecule has 42 heavy (non-hydrogen) atoms. The van der Waals surface area contributed by atoms with Crippen molar-refractivity contribution < 1.29 is 19.1 Å². The van der Waals surface area contributed by atoms with Gasteiger partial charge in [-0.2, -0.15) is 0 Å². The largest absolute Gasteiger partial charge is 0.457 e. The number of amides is 4. The summed E-state index contributed by atoms with van der Waals surface area (Å²) in [6, 6.07) is 16.2. The van der Waals surface area contributed by atoms with Crippen LogP contribution in [0.1, 0.15) is 35.0 Å². The van der Waals surface area contributed by atoms with Crippen molar-refractivity contribution in [1.82, 2.24) is 20.5 Å². The van der Waals surface area contributed by atoms with Gasteiger partial charge in [0.05, 0.1) is 29.0 Å². The minimum Gasteiger partial charge on any atom is -0.457 e. The number of likely N-dealkylation sites (N-methyl/N-ethyl adjacent to an activating group) is 1. The summed E-state index contributed by atoms with van der Waals surface area (Å²) in [5.41, 5.74) is 2.64. The molecule has 1 aliphatic heterocycles. The molecule has 11 heteroatoms. The van der Waals surface area contributed by atoms with E-state index in [9.17, 15) is 14.4 Å². The number of hydrogen-bond donors (Lipinski definition) is 3. The number of pyridine rings is 1. The quantitative estimate of drug-likeness (QED) is 0.209. The number of hydrogen-bond acceptors (Lipinski definition) is 7. The Kier molecular flexibility index (Phi) is 8.69. The molecular weight excluding hydrogens is 552 g/mol. The van der Waals surface area contributed by atoms with Gasteiger partial charge in [0.1, 0.15) is 21.2 Å². The molecule has 0 fully saturated rings. The molecule has 0 bridgehead atoms. The van der Waals surface area contributed by atoms with Crippen LogP contribution >= 0.6 is 11.3 Å². The highest BCUT2D eigenvalue weighted by Crippen LogP contribution is 2.46. The Morgan fingerprint density at radius 3 is 2.60 bits per heavy atom. The van der Waals surface area contributed by atoms with E-state index in [1.807, 2.05) is 76.5 Å². The molecule has 0 unspecified atom stereocenters. The van der Waals surface area contributed by atoms with Crippen molar-refractivity contribution in [2.45, 2.75) is 32.7 Å². The van der Waals surface area contributed by atoms with Gasteiger partial charge in [0.2, 0.25) is 5.91 Å². The molecule has 2 aromatic heterocycles. The SMILES string of the molecule is CCC[C@@H](CNC(=O)CN(C)C)NC(=O)c1sc2nccc3c2c1NC(=O)N3c1ccc(Oc2ccccc2)cc1C. The molecule has 4 aromatic rings. The standard InChI is InChI=1S/C31H34N6O4S/c1-5-9-20(17-33-25(38)18-36(3)4)34-29(39)28-27-26-24(14-15-32-30(26)42-28)37(31(40)35-27)23-13-12-22(16-19(23)2)41-21-10-7-6-8-11-21/h6-8,10-16,20H,5,9,17-18H2,1-4H3,(H,33,38)(H,34,39)(H,35,40)/t20-/m0/s1. The van der Waals surface area contributed by atoms with E-state index in [1.54, 1.807) is 22.1 Å². The van der Waals surface area contributed by atoms with E-state index in [0.29, 0.717) is 50.9 Å². The first-order chi connectivity index (χ1) is 20.2. The van der Waals surface area contributed by atoms with Crippen LogP contribution in [0, 0.1) is 6.92 Å². The highest BCUT2D eigenvalue weighted by molar-refractivity contribution is 7.21. The summed E-state index contributed by atoms with van der Waals surface area (Å²) in [6.07, 6.45) is 3.18. The van der Waals surface area contributed by atoms with E-state index in [4.69, 9.17) is 4.74 Å². The van der Waals surface area contributed by atoms with Gasteiger partial charge in [-0.15, -0.1) is 11.3 Å². The summed E-state index contributed by atoms with van der Waals surface area (Å²) in [6.45, 7) is 4.54. The van der Waals surface area contributed by atoms with Crippen molar-refractivity contribution >= 4 is 56.5 Å². The van der Waals surface area contributed by atoms with Crippen molar-refractivity contribution in [1.29, 1.82) is 0 Å². The Morgan fingerprint density at radius 1 is 1.10 bits per heavy atom. The monoisotopic (exact) mass is 586 g/mol. The van der Waals surface area contributed by atoms with Crippen LogP contribution in [0.15, 0.2) is 60.8 Å². The Labute approximate surface area is 248 Å². The molecule has 0 aliphatic carbocycles. The average Bonchev–Trinajstić information content (AvgIpc) is 3.32. The first-order valence-corrected chi connectivity index (χ1v) is 14.6. The number of anilines is 3. The molecule has 218 valence electrons. The lowest BCUT2D eigenvalue weighted by Crippen LogP contribution is -2.45. The topological polar surface area (TPSA) is 116 Å². The lowest BCUT2D eigenvalue weighted by atomic mass is 10.1. The number of aryl methyl sites for hydroxylation is 1. The first-order valence-electron chi connectivity index (χ1n) is 13.8. The van der Waals surface area contributed by atoms with Crippen molar-refractivity contribution in [3.05, 3.63) is 71.2 Å². The van der Waals surface area contributed by atoms with Gasteiger partial charge in [0.15, 0.2) is 0 Å². The van der Waals surface area contributed by atoms with Crippen LogP contribution in [-0.4, -0.2) is 61.0 Å². The number of carbonyl (C=O) groups excluding carboxylic acids is 3. The van der Waals surface area contributed by atoms with Crippen LogP contribution in [0.5, 0.6) is 11.5 Å². The van der Waals surface area contributed by atoms with Crippen molar-refractivity contribution in [2.75, 3.05) is 37.4 Å². The lowest BCUT2D eigenvalue weighted by molar-refractivity contribution is -0.121. The molecule has 0 radical (unpaired) electrons. The fraction of sp³-hybridized carbons (Fsp3) is 0.290. The van der Waals surface area contributed by atoms with Crippen LogP contribution in [0.3, 0.4) is 0 Å². The second kappa shape index (κ2) is 12.6. The van der Waals surface area contributed by atoms with E-state index in [-0.39, 0.29) is 30.4 Å². The third kappa shape index (κ3) is 6.22. The highest BCUT2D eigenvalue weighted by atomic mass is 32.1. The molecule has 2 aromatic carbocycles. The smallest absolute Gasteiger partial charge is 0.331 e. The molecule has 10 nitrogen and oxygen atoms in total. The van der Waals surface area contributed by atoms with E-state index < -0.39 is 0 Å². The van der Waals surface area contributed by atoms with Crippen molar-refractivity contribution in [3.63, 3.8) is 0 Å². The highest BCUT2D eigenvalue weighted by Gasteiger charge is 2.33. The van der Waals surface area contributed by atoms with Crippen LogP contribution < -0.4 is 25.6 Å². The minimum atomic E-state index is -0.372. The number of nitrogens with zero attached hydrogens (tertiary/aromatic N) is 3. The second-order valence-corrected chi connectivity index (χ2v) is 11.4. The minimum absolute atomic E-state index is 0.108. The van der Waals surface area contributed by atoms with Gasteiger partial charge in [0.25, 0.3) is 5.91 Å². The van der Waals surface area contributed by atoms with E-state index in [2.05, 4.69) is 20.9 Å². The zero-order valence-corrected chi connectivity index (χ0v) is 24.9. The third-order valence-electron chi connectivity index (χ3n) is 6.82. The third-order valence-corrected chi connectivity index (χ3v) is 7.91. The van der Waals surface area contributed by atoms with E-state index in [1.165, 1.54) is 11.3 Å². The molecular formula is C31H34N6O4S. The molecule has 1 atom stereocenters. The van der Waals surface area contributed by atoms with Crippen LogP contribution in [0.25, 0.3) is 10.2 Å². The van der Waals surface area contributed by atoms with Gasteiger partial charge in [0, 0.05) is 18.8 Å². The van der Waals surface area contributed by atoms with E-state index in [0.717, 1.165) is 17.7 Å². The molecule has 4 amide bonds. The zero-order valence-electron chi connectivity index (χ0n) is 24.1. The van der Waals surface area contributed by atoms with Gasteiger partial charge in [-0.05, 0) is 69.4 Å². The van der Waals surface area contributed by atoms with Crippen LogP contribution in [0.2, 0.25) is 0 Å². The maximum atomic E-state index is 13.6. The second-order valence-electron chi connectivity index (χ2n) is 10.4. The normalized spacial score (nSPS) is 13.2. The van der Waals surface area contributed by atoms with Gasteiger partial charge < -0.3 is 25.6 Å². The van der Waals surface area contributed by atoms with Crippen LogP contribution in [0.4, 0.5) is 21.9 Å². The number of carbonyl (C=O) groups is 3. The Hall–Kier alpha value is -4.48. The van der Waals surface area contributed by atoms with Gasteiger partial charge in [-0.1, -0.05) is 31.5 Å². The molecule has 0 spiro atoms. The molecule has 5 rings (SSSR count). The summed E-state index contributed by atoms with van der Waals surface area (Å²) in [7, 11) is 3.65. The summed E-state index contributed by atoms with van der Waals surface area (Å²) >= 11 is 1.23. The Bertz CT molecular complexity index is 1620. The number of para-hydroxylation sites is 1. The molecule has 3 heterocycles. The van der Waals surface area contributed by atoms with Crippen molar-refractivity contribution in [3.8, 4) is 11.5 Å². The number of nitrogens with one attached hydrogen (secondary N) is 3. The van der Waals surface area contributed by atoms with Gasteiger partial charge in [-0.3, -0.25) is 14.5 Å². The average molecular weight is 587 g/mol. The van der Waals surface area contributed by atoms with Crippen LogP contribution in [-0.2, 0) is 4.79 Å². The van der Waals surface area contributed by atoms with E-state index >= 15 is 0 Å². The first kappa shape index (κ1) is 29.0. The predicted octanol–water partition coefficient (Wildman–Crippen LogP) is 5.66. The maximum absolute atomic E-state index is 13.6. The lowest BCUT2D eigenvalue weighted by Gasteiger charge is -2.29. The molecule has 1 aliphatic rings. The Balaban J connectivity index is 1.40. The maximum Gasteiger partial charge on any atom is 0.331 e. The fourth-order valence-corrected chi connectivity index (χ4v) is 5.98. The summed E-state index contributed by atoms with van der Waals surface area (Å²) in [4.78, 5) is 48.2. The number of rotatable bonds is 11. The fourth-order valence-electron chi connectivity index (χ4n) is 4.96.